The number of hydrogen-bond donors (Lipinski definition) is 1. The highest BCUT2D eigenvalue weighted by Gasteiger charge is 1.89. The molecule has 0 unspecified atom stereocenters. The Bertz CT molecular complexity index is 272. The molecule has 0 radical (unpaired) electrons. The minimum Gasteiger partial charge on any atom is -0.471 e. The zero-order valence-electron chi connectivity index (χ0n) is 10.2. The fourth-order valence-corrected chi connectivity index (χ4v) is 0.826. The van der Waals surface area contributed by atoms with Gasteiger partial charge >= 0.3 is 0 Å². The fraction of sp³-hybridized carbons (Fsp3) is 0.417. The Labute approximate surface area is 92.2 Å². The molecule has 0 aromatic heterocycles. The maximum absolute atomic E-state index is 8.95. The molecule has 1 rings (SSSR count). The van der Waals surface area contributed by atoms with E-state index in [2.05, 4.69) is 17.7 Å². The van der Waals surface area contributed by atoms with Crippen LogP contribution < -0.4 is 5.73 Å². The molecule has 0 bridgehead atoms. The lowest BCUT2D eigenvalue weighted by atomic mass is 10.1. The van der Waals surface area contributed by atoms with Gasteiger partial charge in [0.2, 0.25) is 0 Å². The van der Waals surface area contributed by atoms with E-state index in [4.69, 9.17) is 10.5 Å². The van der Waals surface area contributed by atoms with Crippen molar-refractivity contribution in [3.63, 3.8) is 0 Å². The number of aryl methyl sites for hydroxylation is 2. The third-order valence-corrected chi connectivity index (χ3v) is 1.52. The Hall–Kier alpha value is -1.51. The van der Waals surface area contributed by atoms with Gasteiger partial charge in [0, 0.05) is 5.69 Å². The van der Waals surface area contributed by atoms with Gasteiger partial charge in [0.05, 0.1) is 7.11 Å². The van der Waals surface area contributed by atoms with Gasteiger partial charge in [-0.1, -0.05) is 31.5 Å². The van der Waals surface area contributed by atoms with Crippen LogP contribution in [0.5, 0.6) is 0 Å². The van der Waals surface area contributed by atoms with Crippen LogP contribution in [-0.4, -0.2) is 13.6 Å². The maximum Gasteiger partial charge on any atom is 0.292 e. The van der Waals surface area contributed by atoms with E-state index in [9.17, 15) is 0 Å². The van der Waals surface area contributed by atoms with Gasteiger partial charge in [0.15, 0.2) is 0 Å². The predicted molar refractivity (Wildman–Crippen MR) is 64.7 cm³/mol. The average Bonchev–Trinajstić information content (AvgIpc) is 2.27. The average molecular weight is 211 g/mol. The topological polar surface area (TPSA) is 52.3 Å². The predicted octanol–water partition coefficient (Wildman–Crippen LogP) is 2.70. The van der Waals surface area contributed by atoms with E-state index >= 15 is 0 Å². The number of nitrogen functional groups attached to an aromatic ring is 1. The molecule has 0 aliphatic heterocycles. The summed E-state index contributed by atoms with van der Waals surface area (Å²) in [4.78, 5) is 8.95. The zero-order valence-corrected chi connectivity index (χ0v) is 10.2. The summed E-state index contributed by atoms with van der Waals surface area (Å²) in [5.41, 5.74) is 8.89. The molecule has 0 aliphatic carbocycles. The number of carbonyl (C=O) groups is 1. The lowest BCUT2D eigenvalue weighted by Gasteiger charge is -1.98. The van der Waals surface area contributed by atoms with Crippen molar-refractivity contribution >= 4 is 12.2 Å². The Morgan fingerprint density at radius 2 is 1.73 bits per heavy atom. The number of benzene rings is 1. The van der Waals surface area contributed by atoms with E-state index in [-0.39, 0.29) is 0 Å². The van der Waals surface area contributed by atoms with Gasteiger partial charge < -0.3 is 10.5 Å². The quantitative estimate of drug-likeness (QED) is 0.574. The number of methoxy groups -OCH3 is 1. The Morgan fingerprint density at radius 3 is 2.00 bits per heavy atom. The maximum atomic E-state index is 8.95. The van der Waals surface area contributed by atoms with Crippen LogP contribution >= 0.6 is 0 Å². The first-order chi connectivity index (χ1) is 7.11. The number of ether oxygens (including phenoxy) is 1. The largest absolute Gasteiger partial charge is 0.471 e. The number of nitrogens with two attached hydrogens (primary N) is 1. The van der Waals surface area contributed by atoms with Crippen LogP contribution in [0.25, 0.3) is 0 Å². The highest BCUT2D eigenvalue weighted by atomic mass is 16.5. The number of hydrogen-bond acceptors (Lipinski definition) is 3. The minimum absolute atomic E-state index is 0.375. The summed E-state index contributed by atoms with van der Waals surface area (Å²) >= 11 is 0. The summed E-state index contributed by atoms with van der Waals surface area (Å²) in [6.07, 6.45) is 0. The second-order valence-corrected chi connectivity index (χ2v) is 2.69. The summed E-state index contributed by atoms with van der Waals surface area (Å²) in [6, 6.07) is 6.03. The highest BCUT2D eigenvalue weighted by molar-refractivity contribution is 5.47. The van der Waals surface area contributed by atoms with Crippen molar-refractivity contribution in [2.24, 2.45) is 0 Å². The van der Waals surface area contributed by atoms with Crippen molar-refractivity contribution in [2.75, 3.05) is 12.8 Å². The zero-order chi connectivity index (χ0) is 12.3. The standard InChI is InChI=1S/C8H11N.C2H4O2.C2H6/c1-6-3-4-8(9)7(2)5-6;1-4-2-3;1-2/h3-5H,9H2,1-2H3;2H,1H3;1-2H3. The molecule has 1 aromatic carbocycles. The van der Waals surface area contributed by atoms with Crippen LogP contribution in [0.1, 0.15) is 25.0 Å². The molecule has 0 amide bonds. The van der Waals surface area contributed by atoms with Crippen LogP contribution in [-0.2, 0) is 9.53 Å². The summed E-state index contributed by atoms with van der Waals surface area (Å²) in [7, 11) is 1.31. The van der Waals surface area contributed by atoms with Crippen LogP contribution in [0.15, 0.2) is 18.2 Å². The molecule has 3 nitrogen and oxygen atoms in total. The van der Waals surface area contributed by atoms with Gasteiger partial charge in [0.1, 0.15) is 0 Å². The van der Waals surface area contributed by atoms with E-state index in [0.717, 1.165) is 11.3 Å². The van der Waals surface area contributed by atoms with Gasteiger partial charge in [-0.2, -0.15) is 0 Å². The Morgan fingerprint density at radius 1 is 1.27 bits per heavy atom. The molecule has 0 spiro atoms. The molecule has 15 heavy (non-hydrogen) atoms. The van der Waals surface area contributed by atoms with Gasteiger partial charge in [-0.3, -0.25) is 4.79 Å². The second kappa shape index (κ2) is 10.6. The molecule has 3 heteroatoms. The summed E-state index contributed by atoms with van der Waals surface area (Å²) in [6.45, 7) is 8.45. The summed E-state index contributed by atoms with van der Waals surface area (Å²) in [5, 5.41) is 0. The van der Waals surface area contributed by atoms with E-state index < -0.39 is 0 Å². The monoisotopic (exact) mass is 211 g/mol. The third kappa shape index (κ3) is 8.81. The first-order valence-electron chi connectivity index (χ1n) is 4.91. The number of rotatable bonds is 1. The molecule has 1 aromatic rings. The Kier molecular flexibility index (Phi) is 11.2. The van der Waals surface area contributed by atoms with E-state index in [1.807, 2.05) is 32.9 Å². The van der Waals surface area contributed by atoms with Crippen molar-refractivity contribution < 1.29 is 9.53 Å². The molecule has 86 valence electrons. The van der Waals surface area contributed by atoms with Crippen LogP contribution in [0.2, 0.25) is 0 Å². The third-order valence-electron chi connectivity index (χ3n) is 1.52. The van der Waals surface area contributed by atoms with E-state index in [1.54, 1.807) is 0 Å². The number of anilines is 1. The molecule has 0 atom stereocenters. The van der Waals surface area contributed by atoms with Crippen LogP contribution in [0, 0.1) is 13.8 Å². The molecule has 0 fully saturated rings. The van der Waals surface area contributed by atoms with Crippen molar-refractivity contribution in [1.82, 2.24) is 0 Å². The van der Waals surface area contributed by atoms with Crippen molar-refractivity contribution in [3.8, 4) is 0 Å². The summed E-state index contributed by atoms with van der Waals surface area (Å²) in [5.74, 6) is 0. The summed E-state index contributed by atoms with van der Waals surface area (Å²) < 4.78 is 3.86. The normalized spacial score (nSPS) is 7.53. The van der Waals surface area contributed by atoms with Gasteiger partial charge in [-0.15, -0.1) is 0 Å². The second-order valence-electron chi connectivity index (χ2n) is 2.69. The van der Waals surface area contributed by atoms with E-state index in [0.29, 0.717) is 6.47 Å². The lowest BCUT2D eigenvalue weighted by Crippen LogP contribution is -1.88. The fourth-order valence-electron chi connectivity index (χ4n) is 0.826. The molecule has 2 N–H and O–H groups in total. The van der Waals surface area contributed by atoms with Gasteiger partial charge in [0.25, 0.3) is 6.47 Å². The molecular weight excluding hydrogens is 190 g/mol. The van der Waals surface area contributed by atoms with Crippen molar-refractivity contribution in [2.45, 2.75) is 27.7 Å². The smallest absolute Gasteiger partial charge is 0.292 e. The van der Waals surface area contributed by atoms with Crippen molar-refractivity contribution in [1.29, 1.82) is 0 Å². The molecule has 0 heterocycles. The molecule has 0 aliphatic rings. The van der Waals surface area contributed by atoms with Gasteiger partial charge in [-0.05, 0) is 25.5 Å². The SMILES string of the molecule is CC.COC=O.Cc1ccc(N)c(C)c1. The number of carbonyl (C=O) groups excluding carboxylic acids is 1. The Balaban J connectivity index is 0. The molecule has 0 saturated heterocycles. The molecule has 0 saturated carbocycles. The van der Waals surface area contributed by atoms with Crippen LogP contribution in [0.4, 0.5) is 5.69 Å². The molecular formula is C12H21NO2. The first kappa shape index (κ1) is 15.9. The van der Waals surface area contributed by atoms with Crippen molar-refractivity contribution in [3.05, 3.63) is 29.3 Å². The van der Waals surface area contributed by atoms with E-state index in [1.165, 1.54) is 12.7 Å². The highest BCUT2D eigenvalue weighted by Crippen LogP contribution is 2.10. The van der Waals surface area contributed by atoms with Gasteiger partial charge in [-0.25, -0.2) is 0 Å². The minimum atomic E-state index is 0.375. The lowest BCUT2D eigenvalue weighted by molar-refractivity contribution is -0.126. The first-order valence-corrected chi connectivity index (χ1v) is 4.91. The van der Waals surface area contributed by atoms with Crippen LogP contribution in [0.3, 0.4) is 0 Å².